The van der Waals surface area contributed by atoms with E-state index < -0.39 is 0 Å². The number of carbonyl (C=O) groups excluding carboxylic acids is 1. The van der Waals surface area contributed by atoms with Crippen molar-refractivity contribution >= 4 is 5.91 Å². The fraction of sp³-hybridized carbons (Fsp3) is 0.667. The largest absolute Gasteiger partial charge is 0.384 e. The Kier molecular flexibility index (Phi) is 7.06. The highest BCUT2D eigenvalue weighted by molar-refractivity contribution is 5.83. The topological polar surface area (TPSA) is 53.6 Å². The average molecular weight is 360 g/mol. The Bertz CT molecular complexity index is 556. The molecule has 0 radical (unpaired) electrons. The molecule has 1 aromatic carbocycles. The normalized spacial score (nSPS) is 20.7. The molecule has 0 spiro atoms. The fourth-order valence-corrected chi connectivity index (χ4v) is 4.13. The van der Waals surface area contributed by atoms with Crippen molar-refractivity contribution in [2.24, 2.45) is 5.41 Å². The smallest absolute Gasteiger partial charge is 0.228 e. The van der Waals surface area contributed by atoms with Crippen LogP contribution in [0, 0.1) is 5.41 Å². The number of carbonyl (C=O) groups is 1. The van der Waals surface area contributed by atoms with E-state index in [9.17, 15) is 4.79 Å². The predicted octanol–water partition coefficient (Wildman–Crippen LogP) is 2.30. The number of hydrogen-bond donors (Lipinski definition) is 2. The number of nitrogens with zero attached hydrogens (tertiary/aromatic N) is 1. The van der Waals surface area contributed by atoms with Crippen molar-refractivity contribution in [3.8, 4) is 0 Å². The van der Waals surface area contributed by atoms with Gasteiger partial charge in [0.15, 0.2) is 0 Å². The number of ether oxygens (including phenoxy) is 1. The first-order valence-corrected chi connectivity index (χ1v) is 10.00. The van der Waals surface area contributed by atoms with Crippen LogP contribution < -0.4 is 10.6 Å². The summed E-state index contributed by atoms with van der Waals surface area (Å²) in [4.78, 5) is 15.3. The lowest BCUT2D eigenvalue weighted by molar-refractivity contribution is -0.136. The van der Waals surface area contributed by atoms with Gasteiger partial charge < -0.3 is 15.4 Å². The van der Waals surface area contributed by atoms with Crippen LogP contribution in [-0.2, 0) is 22.6 Å². The van der Waals surface area contributed by atoms with Crippen LogP contribution in [0.1, 0.15) is 43.2 Å². The number of hydrogen-bond acceptors (Lipinski definition) is 4. The number of piperidine rings is 2. The van der Waals surface area contributed by atoms with Gasteiger partial charge in [-0.15, -0.1) is 0 Å². The Hall–Kier alpha value is -1.43. The first-order chi connectivity index (χ1) is 12.7. The Balaban J connectivity index is 1.51. The Labute approximate surface area is 157 Å². The van der Waals surface area contributed by atoms with Gasteiger partial charge >= 0.3 is 0 Å². The van der Waals surface area contributed by atoms with Gasteiger partial charge in [0.05, 0.1) is 12.0 Å². The molecule has 1 aromatic rings. The van der Waals surface area contributed by atoms with E-state index in [1.165, 1.54) is 37.9 Å². The number of benzene rings is 1. The molecule has 0 aliphatic carbocycles. The van der Waals surface area contributed by atoms with Gasteiger partial charge in [-0.25, -0.2) is 0 Å². The first kappa shape index (κ1) is 19.3. The molecule has 1 amide bonds. The molecular weight excluding hydrogens is 326 g/mol. The molecule has 2 fully saturated rings. The van der Waals surface area contributed by atoms with Crippen molar-refractivity contribution in [3.63, 3.8) is 0 Å². The van der Waals surface area contributed by atoms with Gasteiger partial charge in [-0.1, -0.05) is 30.7 Å². The van der Waals surface area contributed by atoms with Gasteiger partial charge in [-0.3, -0.25) is 9.69 Å². The molecule has 2 saturated heterocycles. The molecule has 0 bridgehead atoms. The lowest BCUT2D eigenvalue weighted by atomic mass is 9.78. The zero-order valence-corrected chi connectivity index (χ0v) is 16.1. The highest BCUT2D eigenvalue weighted by atomic mass is 16.5. The van der Waals surface area contributed by atoms with Gasteiger partial charge in [-0.2, -0.15) is 0 Å². The highest BCUT2D eigenvalue weighted by Crippen LogP contribution is 2.29. The van der Waals surface area contributed by atoms with Gasteiger partial charge in [0.2, 0.25) is 5.91 Å². The minimum Gasteiger partial charge on any atom is -0.384 e. The molecule has 5 nitrogen and oxygen atoms in total. The third kappa shape index (κ3) is 5.06. The van der Waals surface area contributed by atoms with Crippen molar-refractivity contribution in [2.75, 3.05) is 39.9 Å². The molecule has 0 aromatic heterocycles. The fourth-order valence-electron chi connectivity index (χ4n) is 4.13. The summed E-state index contributed by atoms with van der Waals surface area (Å²) in [5.74, 6) is 0.123. The van der Waals surface area contributed by atoms with Crippen LogP contribution in [0.3, 0.4) is 0 Å². The zero-order chi connectivity index (χ0) is 18.2. The summed E-state index contributed by atoms with van der Waals surface area (Å²) in [5, 5.41) is 6.46. The quantitative estimate of drug-likeness (QED) is 0.784. The molecule has 144 valence electrons. The second kappa shape index (κ2) is 9.49. The molecule has 0 saturated carbocycles. The molecule has 5 heteroatoms. The van der Waals surface area contributed by atoms with E-state index in [0.29, 0.717) is 13.2 Å². The summed E-state index contributed by atoms with van der Waals surface area (Å²) in [6.45, 7) is 6.31. The maximum Gasteiger partial charge on any atom is 0.228 e. The Morgan fingerprint density at radius 2 is 1.77 bits per heavy atom. The molecule has 0 atom stereocenters. The number of methoxy groups -OCH3 is 1. The second-order valence-corrected chi connectivity index (χ2v) is 7.80. The van der Waals surface area contributed by atoms with E-state index in [2.05, 4.69) is 39.8 Å². The van der Waals surface area contributed by atoms with Crippen LogP contribution in [0.4, 0.5) is 0 Å². The molecule has 26 heavy (non-hydrogen) atoms. The van der Waals surface area contributed by atoms with Crippen LogP contribution in [0.5, 0.6) is 0 Å². The number of nitrogens with one attached hydrogen (secondary N) is 2. The van der Waals surface area contributed by atoms with Gasteiger partial charge in [0.1, 0.15) is 0 Å². The van der Waals surface area contributed by atoms with Crippen molar-refractivity contribution in [1.82, 2.24) is 15.5 Å². The molecule has 2 N–H and O–H groups in total. The van der Waals surface area contributed by atoms with Crippen LogP contribution in [0.25, 0.3) is 0 Å². The second-order valence-electron chi connectivity index (χ2n) is 7.80. The van der Waals surface area contributed by atoms with Crippen LogP contribution in [0.15, 0.2) is 24.3 Å². The summed E-state index contributed by atoms with van der Waals surface area (Å²) in [7, 11) is 1.68. The van der Waals surface area contributed by atoms with Gasteiger partial charge in [-0.05, 0) is 63.0 Å². The summed E-state index contributed by atoms with van der Waals surface area (Å²) in [6.07, 6.45) is 5.68. The summed E-state index contributed by atoms with van der Waals surface area (Å²) >= 11 is 0. The lowest BCUT2D eigenvalue weighted by Crippen LogP contribution is -2.49. The van der Waals surface area contributed by atoms with E-state index >= 15 is 0 Å². The number of amides is 1. The van der Waals surface area contributed by atoms with Crippen molar-refractivity contribution in [3.05, 3.63) is 35.4 Å². The number of rotatable bonds is 7. The van der Waals surface area contributed by atoms with Crippen LogP contribution >= 0.6 is 0 Å². The average Bonchev–Trinajstić information content (AvgIpc) is 2.69. The van der Waals surface area contributed by atoms with E-state index in [0.717, 1.165) is 38.0 Å². The molecule has 2 heterocycles. The first-order valence-electron chi connectivity index (χ1n) is 10.00. The minimum absolute atomic E-state index is 0.123. The maximum atomic E-state index is 12.8. The predicted molar refractivity (Wildman–Crippen MR) is 104 cm³/mol. The van der Waals surface area contributed by atoms with E-state index in [-0.39, 0.29) is 11.3 Å². The van der Waals surface area contributed by atoms with Crippen molar-refractivity contribution < 1.29 is 9.53 Å². The van der Waals surface area contributed by atoms with Gasteiger partial charge in [0, 0.05) is 20.2 Å². The lowest BCUT2D eigenvalue weighted by Gasteiger charge is -2.35. The van der Waals surface area contributed by atoms with Crippen molar-refractivity contribution in [2.45, 2.75) is 45.2 Å². The molecular formula is C21H33N3O2. The SMILES string of the molecule is COCC1(C(=O)NCc2ccc(CN3CCCCC3)cc2)CCNCC1. The Morgan fingerprint density at radius 1 is 1.12 bits per heavy atom. The monoisotopic (exact) mass is 359 g/mol. The van der Waals surface area contributed by atoms with E-state index in [4.69, 9.17) is 4.74 Å². The Morgan fingerprint density at radius 3 is 2.42 bits per heavy atom. The van der Waals surface area contributed by atoms with Crippen LogP contribution in [0.2, 0.25) is 0 Å². The maximum absolute atomic E-state index is 12.8. The minimum atomic E-state index is -0.381. The molecule has 2 aliphatic rings. The summed E-state index contributed by atoms with van der Waals surface area (Å²) in [5.41, 5.74) is 2.13. The van der Waals surface area contributed by atoms with E-state index in [1.807, 2.05) is 0 Å². The van der Waals surface area contributed by atoms with E-state index in [1.54, 1.807) is 7.11 Å². The van der Waals surface area contributed by atoms with Crippen LogP contribution in [-0.4, -0.2) is 50.7 Å². The number of likely N-dealkylation sites (tertiary alicyclic amines) is 1. The standard InChI is InChI=1S/C21H33N3O2/c1-26-17-21(9-11-22-12-10-21)20(25)23-15-18-5-7-19(8-6-18)16-24-13-3-2-4-14-24/h5-8,22H,2-4,9-17H2,1H3,(H,23,25). The third-order valence-corrected chi connectivity index (χ3v) is 5.79. The molecule has 3 rings (SSSR count). The van der Waals surface area contributed by atoms with Crippen molar-refractivity contribution in [1.29, 1.82) is 0 Å². The summed E-state index contributed by atoms with van der Waals surface area (Å²) < 4.78 is 5.35. The summed E-state index contributed by atoms with van der Waals surface area (Å²) in [6, 6.07) is 8.69. The third-order valence-electron chi connectivity index (χ3n) is 5.79. The molecule has 0 unspecified atom stereocenters. The van der Waals surface area contributed by atoms with Gasteiger partial charge in [0.25, 0.3) is 0 Å². The highest BCUT2D eigenvalue weighted by Gasteiger charge is 2.39. The molecule has 2 aliphatic heterocycles. The zero-order valence-electron chi connectivity index (χ0n) is 16.1.